The van der Waals surface area contributed by atoms with Crippen molar-refractivity contribution in [2.45, 2.75) is 82.2 Å². The van der Waals surface area contributed by atoms with Crippen molar-refractivity contribution in [1.29, 1.82) is 0 Å². The second kappa shape index (κ2) is 10.5. The first kappa shape index (κ1) is 27.0. The van der Waals surface area contributed by atoms with Crippen molar-refractivity contribution < 1.29 is 23.0 Å². The number of nitrogens with two attached hydrogens (primary N) is 1. The standard InChI is InChI=1S/C31H39F2N5O3/c1-20-15-24(34)27(33)26-22(20)5-2-7-31(26)17-25-23(19-41-31)28(37-9-4-12-39-14-11-37)36-29(35-25)40-13-8-30-6-3-10-38(30)18-21(32)16-30/h8,13,15,21H,2-7,9-12,14,16-19,34H2,1H3/b13-8+/t21-,30?,31?/m1/s1. The number of nitrogen functional groups attached to an aromatic ring is 1. The zero-order valence-corrected chi connectivity index (χ0v) is 23.8. The molecule has 1 aromatic heterocycles. The van der Waals surface area contributed by atoms with Crippen LogP contribution in [0.2, 0.25) is 0 Å². The molecule has 3 atom stereocenters. The highest BCUT2D eigenvalue weighted by Crippen LogP contribution is 2.48. The molecule has 0 saturated carbocycles. The van der Waals surface area contributed by atoms with E-state index < -0.39 is 11.8 Å². The van der Waals surface area contributed by atoms with E-state index in [-0.39, 0.29) is 29.7 Å². The Morgan fingerprint density at radius 2 is 2.02 bits per heavy atom. The molecule has 5 aliphatic rings. The highest BCUT2D eigenvalue weighted by molar-refractivity contribution is 5.56. The highest BCUT2D eigenvalue weighted by Gasteiger charge is 2.48. The third kappa shape index (κ3) is 4.68. The lowest BCUT2D eigenvalue weighted by Crippen LogP contribution is -2.42. The van der Waals surface area contributed by atoms with Crippen molar-refractivity contribution in [1.82, 2.24) is 14.9 Å². The lowest BCUT2D eigenvalue weighted by molar-refractivity contribution is -0.0876. The topological polar surface area (TPSA) is 86.0 Å². The van der Waals surface area contributed by atoms with Gasteiger partial charge >= 0.3 is 6.01 Å². The summed E-state index contributed by atoms with van der Waals surface area (Å²) in [7, 11) is 0. The van der Waals surface area contributed by atoms with Crippen LogP contribution in [0, 0.1) is 12.7 Å². The summed E-state index contributed by atoms with van der Waals surface area (Å²) in [6.45, 7) is 6.47. The van der Waals surface area contributed by atoms with Crippen molar-refractivity contribution in [3.8, 4) is 6.01 Å². The number of hydrogen-bond acceptors (Lipinski definition) is 8. The number of nitrogens with zero attached hydrogens (tertiary/aromatic N) is 4. The van der Waals surface area contributed by atoms with E-state index in [0.717, 1.165) is 73.4 Å². The highest BCUT2D eigenvalue weighted by atomic mass is 19.1. The molecule has 2 N–H and O–H groups in total. The smallest absolute Gasteiger partial charge is 0.323 e. The summed E-state index contributed by atoms with van der Waals surface area (Å²) in [5, 5.41) is 0. The molecule has 0 radical (unpaired) electrons. The van der Waals surface area contributed by atoms with Gasteiger partial charge in [-0.05, 0) is 75.3 Å². The van der Waals surface area contributed by atoms with Gasteiger partial charge in [-0.1, -0.05) is 0 Å². The minimum atomic E-state index is -0.839. The third-order valence-electron chi connectivity index (χ3n) is 9.82. The molecule has 0 bridgehead atoms. The molecule has 1 aliphatic carbocycles. The SMILES string of the molecule is Cc1cc(N)c(F)c2c1CCCC21Cc2nc(O/C=C/C34CCCN3C[C@H](F)C4)nc(N3CCCOCC3)c2CO1. The Balaban J connectivity index is 1.25. The van der Waals surface area contributed by atoms with E-state index in [0.29, 0.717) is 51.1 Å². The van der Waals surface area contributed by atoms with Crippen LogP contribution in [0.3, 0.4) is 0 Å². The van der Waals surface area contributed by atoms with E-state index in [1.54, 1.807) is 12.3 Å². The number of fused-ring (bicyclic) bond motifs is 4. The van der Waals surface area contributed by atoms with Gasteiger partial charge in [-0.25, -0.2) is 8.78 Å². The molecule has 3 fully saturated rings. The minimum Gasteiger partial charge on any atom is -0.432 e. The minimum absolute atomic E-state index is 0.154. The number of anilines is 2. The monoisotopic (exact) mass is 567 g/mol. The first-order chi connectivity index (χ1) is 19.9. The average Bonchev–Trinajstić information content (AvgIpc) is 3.32. The maximum absolute atomic E-state index is 15.7. The van der Waals surface area contributed by atoms with E-state index in [1.165, 1.54) is 0 Å². The van der Waals surface area contributed by atoms with Crippen LogP contribution in [0.4, 0.5) is 20.3 Å². The average molecular weight is 568 g/mol. The van der Waals surface area contributed by atoms with Crippen LogP contribution in [-0.4, -0.2) is 66.0 Å². The lowest BCUT2D eigenvalue weighted by Gasteiger charge is -2.43. The van der Waals surface area contributed by atoms with Gasteiger partial charge in [-0.2, -0.15) is 9.97 Å². The molecule has 10 heteroatoms. The fraction of sp³-hybridized carbons (Fsp3) is 0.613. The molecule has 1 aromatic carbocycles. The number of aromatic nitrogens is 2. The largest absolute Gasteiger partial charge is 0.432 e. The Kier molecular flexibility index (Phi) is 6.90. The molecule has 1 spiro atoms. The molecule has 4 aliphatic heterocycles. The van der Waals surface area contributed by atoms with Gasteiger partial charge < -0.3 is 24.8 Å². The van der Waals surface area contributed by atoms with Gasteiger partial charge in [0.15, 0.2) is 5.82 Å². The Morgan fingerprint density at radius 1 is 1.12 bits per heavy atom. The molecule has 8 nitrogen and oxygen atoms in total. The molecule has 41 heavy (non-hydrogen) atoms. The van der Waals surface area contributed by atoms with Crippen LogP contribution in [0.5, 0.6) is 6.01 Å². The van der Waals surface area contributed by atoms with E-state index in [2.05, 4.69) is 9.80 Å². The quantitative estimate of drug-likeness (QED) is 0.427. The van der Waals surface area contributed by atoms with Crippen LogP contribution in [0.15, 0.2) is 18.4 Å². The van der Waals surface area contributed by atoms with Crippen LogP contribution in [0.1, 0.15) is 66.5 Å². The lowest BCUT2D eigenvalue weighted by atomic mass is 9.73. The summed E-state index contributed by atoms with van der Waals surface area (Å²) in [5.74, 6) is 0.402. The summed E-state index contributed by atoms with van der Waals surface area (Å²) < 4.78 is 48.4. The summed E-state index contributed by atoms with van der Waals surface area (Å²) in [4.78, 5) is 14.2. The van der Waals surface area contributed by atoms with Gasteiger partial charge in [0.2, 0.25) is 0 Å². The number of halogens is 2. The Bertz CT molecular complexity index is 1360. The predicted octanol–water partition coefficient (Wildman–Crippen LogP) is 4.51. The number of benzene rings is 1. The Labute approximate surface area is 239 Å². The van der Waals surface area contributed by atoms with E-state index in [1.807, 2.05) is 13.0 Å². The van der Waals surface area contributed by atoms with Crippen molar-refractivity contribution in [3.05, 3.63) is 52.2 Å². The molecule has 5 heterocycles. The summed E-state index contributed by atoms with van der Waals surface area (Å²) in [6, 6.07) is 1.97. The summed E-state index contributed by atoms with van der Waals surface area (Å²) in [6.07, 6.45) is 8.97. The summed E-state index contributed by atoms with van der Waals surface area (Å²) in [5.41, 5.74) is 9.44. The number of alkyl halides is 1. The van der Waals surface area contributed by atoms with Gasteiger partial charge in [0.1, 0.15) is 17.6 Å². The van der Waals surface area contributed by atoms with Crippen molar-refractivity contribution in [2.24, 2.45) is 0 Å². The molecule has 2 unspecified atom stereocenters. The maximum Gasteiger partial charge on any atom is 0.323 e. The predicted molar refractivity (Wildman–Crippen MR) is 151 cm³/mol. The number of ether oxygens (including phenoxy) is 3. The van der Waals surface area contributed by atoms with Gasteiger partial charge in [0, 0.05) is 55.7 Å². The van der Waals surface area contributed by atoms with E-state index >= 15 is 4.39 Å². The number of rotatable bonds is 4. The number of hydrogen-bond donors (Lipinski definition) is 1. The normalized spacial score (nSPS) is 29.9. The zero-order chi connectivity index (χ0) is 28.2. The van der Waals surface area contributed by atoms with Gasteiger partial charge in [0.05, 0.1) is 30.9 Å². The first-order valence-electron chi connectivity index (χ1n) is 15.1. The summed E-state index contributed by atoms with van der Waals surface area (Å²) >= 11 is 0. The Morgan fingerprint density at radius 3 is 2.93 bits per heavy atom. The molecule has 3 saturated heterocycles. The first-order valence-corrected chi connectivity index (χ1v) is 15.1. The maximum atomic E-state index is 15.7. The molecule has 2 aromatic rings. The van der Waals surface area contributed by atoms with Crippen LogP contribution >= 0.6 is 0 Å². The number of aryl methyl sites for hydroxylation is 1. The second-order valence-electron chi connectivity index (χ2n) is 12.3. The van der Waals surface area contributed by atoms with Crippen LogP contribution in [-0.2, 0) is 34.5 Å². The molecular formula is C31H39F2N5O3. The van der Waals surface area contributed by atoms with E-state index in [9.17, 15) is 4.39 Å². The zero-order valence-electron chi connectivity index (χ0n) is 23.8. The third-order valence-corrected chi connectivity index (χ3v) is 9.82. The van der Waals surface area contributed by atoms with Gasteiger partial charge in [0.25, 0.3) is 0 Å². The molecule has 7 rings (SSSR count). The molecule has 0 amide bonds. The Hall–Kier alpha value is -2.82. The van der Waals surface area contributed by atoms with Crippen molar-refractivity contribution in [3.63, 3.8) is 0 Å². The van der Waals surface area contributed by atoms with Gasteiger partial charge in [-0.15, -0.1) is 0 Å². The second-order valence-corrected chi connectivity index (χ2v) is 12.3. The van der Waals surface area contributed by atoms with Crippen molar-refractivity contribution >= 4 is 11.5 Å². The van der Waals surface area contributed by atoms with Crippen molar-refractivity contribution in [2.75, 3.05) is 50.0 Å². The van der Waals surface area contributed by atoms with Crippen LogP contribution < -0.4 is 15.4 Å². The van der Waals surface area contributed by atoms with Gasteiger partial charge in [-0.3, -0.25) is 4.90 Å². The molecule has 220 valence electrons. The molecular weight excluding hydrogens is 528 g/mol. The van der Waals surface area contributed by atoms with E-state index in [4.69, 9.17) is 29.9 Å². The van der Waals surface area contributed by atoms with Crippen LogP contribution in [0.25, 0.3) is 0 Å². The fourth-order valence-electron chi connectivity index (χ4n) is 7.87. The fourth-order valence-corrected chi connectivity index (χ4v) is 7.87.